The van der Waals surface area contributed by atoms with E-state index in [-0.39, 0.29) is 44.3 Å². The van der Waals surface area contributed by atoms with Crippen molar-refractivity contribution in [1.82, 2.24) is 0 Å². The molecule has 1 aliphatic rings. The summed E-state index contributed by atoms with van der Waals surface area (Å²) in [5, 5.41) is 30.8. The normalized spacial score (nSPS) is 12.6. The number of hydrogen-bond acceptors (Lipinski definition) is 7. The Morgan fingerprint density at radius 3 is 2.32 bits per heavy atom. The molecule has 0 spiro atoms. The third-order valence-corrected chi connectivity index (χ3v) is 4.89. The fourth-order valence-corrected chi connectivity index (χ4v) is 3.55. The number of ketones is 3. The quantitative estimate of drug-likeness (QED) is 0.369. The SMILES string of the molecule is COc1cccc2c(O)c3c(c(O)c12)C(=O)c1ccc(C(=O)CO)cc1C3=O. The summed E-state index contributed by atoms with van der Waals surface area (Å²) in [6.45, 7) is -0.742. The maximum Gasteiger partial charge on any atom is 0.198 e. The van der Waals surface area contributed by atoms with Crippen LogP contribution in [-0.4, -0.2) is 46.4 Å². The Bertz CT molecular complexity index is 1210. The minimum Gasteiger partial charge on any atom is -0.506 e. The summed E-state index contributed by atoms with van der Waals surface area (Å²) in [5.74, 6) is -2.64. The molecule has 0 amide bonds. The van der Waals surface area contributed by atoms with E-state index in [4.69, 9.17) is 9.84 Å². The number of phenols is 2. The van der Waals surface area contributed by atoms with Crippen LogP contribution >= 0.6 is 0 Å². The van der Waals surface area contributed by atoms with Gasteiger partial charge in [-0.1, -0.05) is 18.2 Å². The Kier molecular flexibility index (Phi) is 3.90. The van der Waals surface area contributed by atoms with E-state index in [9.17, 15) is 24.6 Å². The van der Waals surface area contributed by atoms with E-state index < -0.39 is 35.5 Å². The average Bonchev–Trinajstić information content (AvgIpc) is 2.72. The summed E-state index contributed by atoms with van der Waals surface area (Å²) >= 11 is 0. The van der Waals surface area contributed by atoms with Gasteiger partial charge in [-0.3, -0.25) is 14.4 Å². The summed E-state index contributed by atoms with van der Waals surface area (Å²) < 4.78 is 5.21. The zero-order chi connectivity index (χ0) is 20.2. The van der Waals surface area contributed by atoms with Crippen molar-refractivity contribution in [2.45, 2.75) is 0 Å². The second-order valence-electron chi connectivity index (χ2n) is 6.33. The number of benzene rings is 3. The van der Waals surface area contributed by atoms with Gasteiger partial charge in [0.1, 0.15) is 23.9 Å². The van der Waals surface area contributed by atoms with Crippen molar-refractivity contribution in [1.29, 1.82) is 0 Å². The van der Waals surface area contributed by atoms with Gasteiger partial charge in [-0.05, 0) is 18.2 Å². The van der Waals surface area contributed by atoms with Crippen LogP contribution in [0.4, 0.5) is 0 Å². The predicted molar refractivity (Wildman–Crippen MR) is 98.6 cm³/mol. The number of aliphatic hydroxyl groups excluding tert-OH is 1. The van der Waals surface area contributed by atoms with E-state index in [0.717, 1.165) is 0 Å². The van der Waals surface area contributed by atoms with Crippen LogP contribution in [-0.2, 0) is 0 Å². The lowest BCUT2D eigenvalue weighted by molar-refractivity contribution is 0.0902. The zero-order valence-corrected chi connectivity index (χ0v) is 14.6. The molecule has 0 heterocycles. The first-order valence-electron chi connectivity index (χ1n) is 8.32. The van der Waals surface area contributed by atoms with Gasteiger partial charge in [0.25, 0.3) is 0 Å². The molecule has 0 radical (unpaired) electrons. The molecule has 3 N–H and O–H groups in total. The standard InChI is InChI=1S/C21H14O7/c1-28-14-4-2-3-11-15(14)21(27)17-16(19(11)25)20(26)12-7-9(13(23)8-22)5-6-10(12)18(17)24/h2-7,22,25,27H,8H2,1H3. The molecule has 7 heteroatoms. The van der Waals surface area contributed by atoms with Crippen LogP contribution in [0, 0.1) is 0 Å². The number of Topliss-reactive ketones (excluding diaryl/α,β-unsaturated/α-hetero) is 1. The van der Waals surface area contributed by atoms with E-state index >= 15 is 0 Å². The zero-order valence-electron chi connectivity index (χ0n) is 14.6. The number of aromatic hydroxyl groups is 2. The van der Waals surface area contributed by atoms with Gasteiger partial charge in [0, 0.05) is 22.1 Å². The highest BCUT2D eigenvalue weighted by Crippen LogP contribution is 2.47. The van der Waals surface area contributed by atoms with Crippen molar-refractivity contribution < 1.29 is 34.4 Å². The van der Waals surface area contributed by atoms with Crippen LogP contribution in [0.25, 0.3) is 10.8 Å². The molecule has 3 aromatic carbocycles. The summed E-state index contributed by atoms with van der Waals surface area (Å²) in [4.78, 5) is 37.8. The molecule has 4 rings (SSSR count). The summed E-state index contributed by atoms with van der Waals surface area (Å²) in [6.07, 6.45) is 0. The molecular weight excluding hydrogens is 364 g/mol. The van der Waals surface area contributed by atoms with Crippen molar-refractivity contribution in [3.63, 3.8) is 0 Å². The van der Waals surface area contributed by atoms with E-state index in [1.807, 2.05) is 0 Å². The van der Waals surface area contributed by atoms with E-state index in [0.29, 0.717) is 0 Å². The topological polar surface area (TPSA) is 121 Å². The Hall–Kier alpha value is -3.71. The largest absolute Gasteiger partial charge is 0.506 e. The van der Waals surface area contributed by atoms with Gasteiger partial charge in [-0.15, -0.1) is 0 Å². The second kappa shape index (κ2) is 6.17. The van der Waals surface area contributed by atoms with E-state index in [2.05, 4.69) is 0 Å². The smallest absolute Gasteiger partial charge is 0.198 e. The first kappa shape index (κ1) is 17.7. The van der Waals surface area contributed by atoms with Crippen LogP contribution in [0.2, 0.25) is 0 Å². The van der Waals surface area contributed by atoms with Gasteiger partial charge in [0.15, 0.2) is 17.3 Å². The number of carbonyl (C=O) groups is 3. The minimum atomic E-state index is -0.742. The maximum atomic E-state index is 13.1. The molecule has 0 saturated carbocycles. The van der Waals surface area contributed by atoms with Gasteiger partial charge >= 0.3 is 0 Å². The van der Waals surface area contributed by atoms with Gasteiger partial charge < -0.3 is 20.1 Å². The van der Waals surface area contributed by atoms with Crippen molar-refractivity contribution in [2.75, 3.05) is 13.7 Å². The first-order valence-corrected chi connectivity index (χ1v) is 8.32. The van der Waals surface area contributed by atoms with Gasteiger partial charge in [0.2, 0.25) is 0 Å². The molecule has 0 aliphatic heterocycles. The molecule has 0 bridgehead atoms. The van der Waals surface area contributed by atoms with Crippen LogP contribution in [0.1, 0.15) is 42.2 Å². The number of fused-ring (bicyclic) bond motifs is 3. The highest BCUT2D eigenvalue weighted by molar-refractivity contribution is 6.33. The average molecular weight is 378 g/mol. The highest BCUT2D eigenvalue weighted by atomic mass is 16.5. The van der Waals surface area contributed by atoms with Gasteiger partial charge in [-0.25, -0.2) is 0 Å². The lowest BCUT2D eigenvalue weighted by Gasteiger charge is -2.22. The van der Waals surface area contributed by atoms with Crippen molar-refractivity contribution in [3.05, 3.63) is 64.2 Å². The van der Waals surface area contributed by atoms with Crippen LogP contribution < -0.4 is 4.74 Å². The molecule has 0 saturated heterocycles. The Morgan fingerprint density at radius 1 is 0.964 bits per heavy atom. The third-order valence-electron chi connectivity index (χ3n) is 4.89. The summed E-state index contributed by atoms with van der Waals surface area (Å²) in [5.41, 5.74) is -0.653. The van der Waals surface area contributed by atoms with E-state index in [1.165, 1.54) is 31.4 Å². The number of aliphatic hydroxyl groups is 1. The van der Waals surface area contributed by atoms with Gasteiger partial charge in [0.05, 0.1) is 23.6 Å². The molecular formula is C21H14O7. The fourth-order valence-electron chi connectivity index (χ4n) is 3.55. The minimum absolute atomic E-state index is 0.00376. The summed E-state index contributed by atoms with van der Waals surface area (Å²) in [6, 6.07) is 8.46. The molecule has 7 nitrogen and oxygen atoms in total. The molecule has 0 aromatic heterocycles. The number of phenolic OH excluding ortho intramolecular Hbond substituents is 2. The van der Waals surface area contributed by atoms with Crippen molar-refractivity contribution in [2.24, 2.45) is 0 Å². The molecule has 140 valence electrons. The molecule has 0 atom stereocenters. The van der Waals surface area contributed by atoms with Crippen LogP contribution in [0.3, 0.4) is 0 Å². The molecule has 28 heavy (non-hydrogen) atoms. The van der Waals surface area contributed by atoms with E-state index in [1.54, 1.807) is 12.1 Å². The molecule has 0 unspecified atom stereocenters. The highest BCUT2D eigenvalue weighted by Gasteiger charge is 2.37. The van der Waals surface area contributed by atoms with Crippen molar-refractivity contribution >= 4 is 28.1 Å². The second-order valence-corrected chi connectivity index (χ2v) is 6.33. The van der Waals surface area contributed by atoms with Crippen LogP contribution in [0.15, 0.2) is 36.4 Å². The number of hydrogen-bond donors (Lipinski definition) is 3. The molecule has 0 fully saturated rings. The monoisotopic (exact) mass is 378 g/mol. The van der Waals surface area contributed by atoms with Crippen molar-refractivity contribution in [3.8, 4) is 17.2 Å². The first-order chi connectivity index (χ1) is 13.4. The Balaban J connectivity index is 2.07. The fraction of sp³-hybridized carbons (Fsp3) is 0.0952. The Labute approximate surface area is 158 Å². The number of methoxy groups -OCH3 is 1. The number of ether oxygens (including phenoxy) is 1. The third kappa shape index (κ3) is 2.23. The Morgan fingerprint density at radius 2 is 1.64 bits per heavy atom. The summed E-state index contributed by atoms with van der Waals surface area (Å²) in [7, 11) is 1.38. The lowest BCUT2D eigenvalue weighted by Crippen LogP contribution is -2.22. The number of rotatable bonds is 3. The molecule has 3 aromatic rings. The lowest BCUT2D eigenvalue weighted by atomic mass is 9.80. The number of carbonyl (C=O) groups excluding carboxylic acids is 3. The van der Waals surface area contributed by atoms with Gasteiger partial charge in [-0.2, -0.15) is 0 Å². The van der Waals surface area contributed by atoms with Crippen LogP contribution in [0.5, 0.6) is 17.2 Å². The predicted octanol–water partition coefficient (Wildman–Crippen LogP) is 2.21. The molecule has 1 aliphatic carbocycles. The maximum absolute atomic E-state index is 13.1.